The minimum atomic E-state index is -0.883. The lowest BCUT2D eigenvalue weighted by Crippen LogP contribution is -2.39. The number of benzene rings is 1. The molecule has 2 aliphatic carbocycles. The minimum Gasteiger partial charge on any atom is -0.481 e. The largest absolute Gasteiger partial charge is 0.481 e. The molecule has 1 unspecified atom stereocenters. The average Bonchev–Trinajstić information content (AvgIpc) is 3.37. The van der Waals surface area contributed by atoms with Crippen molar-refractivity contribution in [2.75, 3.05) is 0 Å². The first kappa shape index (κ1) is 13.9. The lowest BCUT2D eigenvalue weighted by Gasteiger charge is -2.17. The van der Waals surface area contributed by atoms with Crippen LogP contribution in [-0.4, -0.2) is 23.2 Å². The normalized spacial score (nSPS) is 22.4. The number of carboxylic acids is 1. The summed E-state index contributed by atoms with van der Waals surface area (Å²) in [4.78, 5) is 22.8. The number of carbonyl (C=O) groups excluding carboxylic acids is 1. The predicted octanol–water partition coefficient (Wildman–Crippen LogP) is 2.56. The lowest BCUT2D eigenvalue weighted by atomic mass is 10.1. The number of ether oxygens (including phenoxy) is 1. The molecule has 1 amide bonds. The molecule has 2 saturated carbocycles. The molecule has 2 fully saturated rings. The van der Waals surface area contributed by atoms with Gasteiger partial charge in [0.2, 0.25) is 0 Å². The highest BCUT2D eigenvalue weighted by Gasteiger charge is 2.65. The van der Waals surface area contributed by atoms with Gasteiger partial charge in [-0.25, -0.2) is 4.79 Å². The van der Waals surface area contributed by atoms with Gasteiger partial charge in [-0.05, 0) is 36.2 Å². The van der Waals surface area contributed by atoms with Crippen LogP contribution in [0.4, 0.5) is 4.79 Å². The van der Waals surface area contributed by atoms with Crippen molar-refractivity contribution in [3.63, 3.8) is 0 Å². The fourth-order valence-corrected chi connectivity index (χ4v) is 3.08. The standard InChI is InChI=1S/C16H19NO4/c18-14(19)8-13(12-9-16(12)6-7-16)17-15(20)21-10-11-4-2-1-3-5-11/h1-5,12-13H,6-10H2,(H,17,20)(H,18,19)/t12?,13-/m0/s1. The van der Waals surface area contributed by atoms with Gasteiger partial charge in [-0.2, -0.15) is 0 Å². The van der Waals surface area contributed by atoms with Crippen LogP contribution in [0.1, 0.15) is 31.2 Å². The van der Waals surface area contributed by atoms with Crippen molar-refractivity contribution in [2.45, 2.75) is 38.3 Å². The molecule has 2 aliphatic rings. The summed E-state index contributed by atoms with van der Waals surface area (Å²) in [6.07, 6.45) is 2.78. The van der Waals surface area contributed by atoms with Gasteiger partial charge in [0.25, 0.3) is 0 Å². The molecule has 0 bridgehead atoms. The zero-order chi connectivity index (χ0) is 14.9. The van der Waals surface area contributed by atoms with E-state index in [-0.39, 0.29) is 19.1 Å². The average molecular weight is 289 g/mol. The minimum absolute atomic E-state index is 0.0349. The van der Waals surface area contributed by atoms with E-state index in [2.05, 4.69) is 5.32 Å². The maximum absolute atomic E-state index is 11.8. The van der Waals surface area contributed by atoms with Crippen LogP contribution >= 0.6 is 0 Å². The van der Waals surface area contributed by atoms with Crippen LogP contribution in [0, 0.1) is 11.3 Å². The van der Waals surface area contributed by atoms with E-state index in [1.54, 1.807) is 0 Å². The second kappa shape index (κ2) is 5.39. The Morgan fingerprint density at radius 3 is 2.62 bits per heavy atom. The van der Waals surface area contributed by atoms with Gasteiger partial charge in [-0.1, -0.05) is 30.3 Å². The van der Waals surface area contributed by atoms with E-state index in [1.165, 1.54) is 0 Å². The lowest BCUT2D eigenvalue weighted by molar-refractivity contribution is -0.137. The molecule has 112 valence electrons. The first-order valence-electron chi connectivity index (χ1n) is 7.28. The third kappa shape index (κ3) is 3.35. The molecule has 2 atom stereocenters. The Hall–Kier alpha value is -2.04. The number of carboxylic acid groups (broad SMARTS) is 1. The monoisotopic (exact) mass is 289 g/mol. The summed E-state index contributed by atoms with van der Waals surface area (Å²) in [5, 5.41) is 11.7. The van der Waals surface area contributed by atoms with E-state index in [9.17, 15) is 9.59 Å². The summed E-state index contributed by atoms with van der Waals surface area (Å²) >= 11 is 0. The molecule has 0 heterocycles. The molecule has 5 nitrogen and oxygen atoms in total. The van der Waals surface area contributed by atoms with Crippen LogP contribution in [0.25, 0.3) is 0 Å². The van der Waals surface area contributed by atoms with Gasteiger partial charge >= 0.3 is 12.1 Å². The maximum atomic E-state index is 11.8. The van der Waals surface area contributed by atoms with Gasteiger partial charge in [0.15, 0.2) is 0 Å². The molecular formula is C16H19NO4. The van der Waals surface area contributed by atoms with Gasteiger partial charge in [0.05, 0.1) is 6.42 Å². The predicted molar refractivity (Wildman–Crippen MR) is 75.6 cm³/mol. The molecule has 0 radical (unpaired) electrons. The van der Waals surface area contributed by atoms with Gasteiger partial charge in [0, 0.05) is 6.04 Å². The first-order valence-corrected chi connectivity index (χ1v) is 7.28. The maximum Gasteiger partial charge on any atom is 0.407 e. The first-order chi connectivity index (χ1) is 10.1. The smallest absolute Gasteiger partial charge is 0.407 e. The van der Waals surface area contributed by atoms with Gasteiger partial charge in [0.1, 0.15) is 6.61 Å². The highest BCUT2D eigenvalue weighted by molar-refractivity contribution is 5.71. The van der Waals surface area contributed by atoms with Crippen molar-refractivity contribution in [3.8, 4) is 0 Å². The number of alkyl carbamates (subject to hydrolysis) is 1. The number of hydrogen-bond acceptors (Lipinski definition) is 3. The topological polar surface area (TPSA) is 75.6 Å². The number of nitrogens with one attached hydrogen (secondary N) is 1. The highest BCUT2D eigenvalue weighted by atomic mass is 16.5. The Morgan fingerprint density at radius 2 is 2.05 bits per heavy atom. The van der Waals surface area contributed by atoms with Crippen LogP contribution < -0.4 is 5.32 Å². The molecule has 0 aliphatic heterocycles. The Morgan fingerprint density at radius 1 is 1.33 bits per heavy atom. The molecular weight excluding hydrogens is 270 g/mol. The third-order valence-corrected chi connectivity index (χ3v) is 4.54. The highest BCUT2D eigenvalue weighted by Crippen LogP contribution is 2.71. The summed E-state index contributed by atoms with van der Waals surface area (Å²) in [5.74, 6) is -0.580. The van der Waals surface area contributed by atoms with E-state index in [0.717, 1.165) is 24.8 Å². The SMILES string of the molecule is O=C(O)C[C@H](NC(=O)OCc1ccccc1)C1CC12CC2. The molecule has 0 saturated heterocycles. The van der Waals surface area contributed by atoms with Gasteiger partial charge in [-0.15, -0.1) is 0 Å². The molecule has 21 heavy (non-hydrogen) atoms. The fourth-order valence-electron chi connectivity index (χ4n) is 3.08. The zero-order valence-electron chi connectivity index (χ0n) is 11.7. The summed E-state index contributed by atoms with van der Waals surface area (Å²) in [7, 11) is 0. The fraction of sp³-hybridized carbons (Fsp3) is 0.500. The molecule has 5 heteroatoms. The van der Waals surface area contributed by atoms with Crippen LogP contribution in [-0.2, 0) is 16.1 Å². The van der Waals surface area contributed by atoms with E-state index in [0.29, 0.717) is 11.3 Å². The molecule has 1 spiro atoms. The number of hydrogen-bond donors (Lipinski definition) is 2. The van der Waals surface area contributed by atoms with Crippen molar-refractivity contribution < 1.29 is 19.4 Å². The van der Waals surface area contributed by atoms with Crippen molar-refractivity contribution in [1.82, 2.24) is 5.32 Å². The molecule has 3 rings (SSSR count). The Kier molecular flexibility index (Phi) is 3.57. The van der Waals surface area contributed by atoms with Crippen molar-refractivity contribution in [2.24, 2.45) is 11.3 Å². The quantitative estimate of drug-likeness (QED) is 0.844. The zero-order valence-corrected chi connectivity index (χ0v) is 11.7. The second-order valence-corrected chi connectivity index (χ2v) is 6.08. The van der Waals surface area contributed by atoms with Crippen molar-refractivity contribution >= 4 is 12.1 Å². The Balaban J connectivity index is 1.50. The van der Waals surface area contributed by atoms with Gasteiger partial charge in [-0.3, -0.25) is 4.79 Å². The number of amides is 1. The van der Waals surface area contributed by atoms with Crippen LogP contribution in [0.2, 0.25) is 0 Å². The second-order valence-electron chi connectivity index (χ2n) is 6.08. The molecule has 0 aromatic heterocycles. The summed E-state index contributed by atoms with van der Waals surface area (Å²) < 4.78 is 5.16. The Bertz CT molecular complexity index is 538. The van der Waals surface area contributed by atoms with Crippen molar-refractivity contribution in [3.05, 3.63) is 35.9 Å². The van der Waals surface area contributed by atoms with E-state index >= 15 is 0 Å². The van der Waals surface area contributed by atoms with Crippen LogP contribution in [0.3, 0.4) is 0 Å². The molecule has 1 aromatic rings. The molecule has 1 aromatic carbocycles. The summed E-state index contributed by atoms with van der Waals surface area (Å²) in [6.45, 7) is 0.197. The number of carbonyl (C=O) groups is 2. The number of aliphatic carboxylic acids is 1. The van der Waals surface area contributed by atoms with Gasteiger partial charge < -0.3 is 15.2 Å². The third-order valence-electron chi connectivity index (χ3n) is 4.54. The van der Waals surface area contributed by atoms with Crippen LogP contribution in [0.5, 0.6) is 0 Å². The number of rotatable bonds is 6. The van der Waals surface area contributed by atoms with E-state index in [4.69, 9.17) is 9.84 Å². The van der Waals surface area contributed by atoms with E-state index < -0.39 is 12.1 Å². The summed E-state index contributed by atoms with van der Waals surface area (Å²) in [5.41, 5.74) is 1.25. The summed E-state index contributed by atoms with van der Waals surface area (Å²) in [6, 6.07) is 9.10. The Labute approximate surface area is 123 Å². The van der Waals surface area contributed by atoms with Crippen molar-refractivity contribution in [1.29, 1.82) is 0 Å². The molecule has 2 N–H and O–H groups in total. The van der Waals surface area contributed by atoms with E-state index in [1.807, 2.05) is 30.3 Å². The van der Waals surface area contributed by atoms with Crippen LogP contribution in [0.15, 0.2) is 30.3 Å².